The lowest BCUT2D eigenvalue weighted by atomic mass is 9.86. The fourth-order valence-electron chi connectivity index (χ4n) is 2.99. The molecule has 1 aliphatic carbocycles. The van der Waals surface area contributed by atoms with Crippen LogP contribution < -0.4 is 21.1 Å². The van der Waals surface area contributed by atoms with Gasteiger partial charge in [0.25, 0.3) is 0 Å². The first-order valence-electron chi connectivity index (χ1n) is 8.57. The molecule has 0 aromatic heterocycles. The number of primary amides is 1. The summed E-state index contributed by atoms with van der Waals surface area (Å²) in [4.78, 5) is 35.8. The quantitative estimate of drug-likeness (QED) is 0.727. The van der Waals surface area contributed by atoms with Crippen molar-refractivity contribution in [2.45, 2.75) is 51.1 Å². The molecule has 7 nitrogen and oxygen atoms in total. The van der Waals surface area contributed by atoms with Gasteiger partial charge in [-0.15, -0.1) is 0 Å². The molecule has 0 heterocycles. The highest BCUT2D eigenvalue weighted by Gasteiger charge is 2.28. The van der Waals surface area contributed by atoms with Crippen LogP contribution in [-0.4, -0.2) is 30.0 Å². The summed E-state index contributed by atoms with van der Waals surface area (Å²) in [6.07, 6.45) is 3.07. The van der Waals surface area contributed by atoms with Crippen LogP contribution in [0.15, 0.2) is 30.3 Å². The fourth-order valence-corrected chi connectivity index (χ4v) is 2.99. The van der Waals surface area contributed by atoms with E-state index in [0.717, 1.165) is 25.7 Å². The van der Waals surface area contributed by atoms with Gasteiger partial charge in [-0.25, -0.2) is 4.79 Å². The van der Waals surface area contributed by atoms with Crippen LogP contribution in [0, 0.1) is 5.92 Å². The summed E-state index contributed by atoms with van der Waals surface area (Å²) < 4.78 is 5.11. The smallest absolute Gasteiger partial charge is 0.410 e. The second kappa shape index (κ2) is 9.05. The largest absolute Gasteiger partial charge is 0.413 e. The third kappa shape index (κ3) is 6.10. The summed E-state index contributed by atoms with van der Waals surface area (Å²) in [5.41, 5.74) is 5.21. The van der Waals surface area contributed by atoms with Gasteiger partial charge in [-0.1, -0.05) is 38.0 Å². The predicted molar refractivity (Wildman–Crippen MR) is 92.8 cm³/mol. The van der Waals surface area contributed by atoms with Crippen molar-refractivity contribution in [2.24, 2.45) is 11.7 Å². The van der Waals surface area contributed by atoms with Gasteiger partial charge in [-0.2, -0.15) is 0 Å². The molecule has 1 saturated carbocycles. The molecule has 3 amide bonds. The van der Waals surface area contributed by atoms with Crippen LogP contribution in [-0.2, 0) is 9.59 Å². The molecule has 25 heavy (non-hydrogen) atoms. The molecule has 1 aliphatic rings. The molecular weight excluding hydrogens is 322 g/mol. The molecule has 1 fully saturated rings. The Kier molecular flexibility index (Phi) is 6.80. The molecule has 2 rings (SSSR count). The Labute approximate surface area is 147 Å². The molecule has 136 valence electrons. The zero-order valence-corrected chi connectivity index (χ0v) is 14.4. The van der Waals surface area contributed by atoms with E-state index < -0.39 is 23.9 Å². The average Bonchev–Trinajstić information content (AvgIpc) is 2.56. The maximum Gasteiger partial charge on any atom is 0.413 e. The summed E-state index contributed by atoms with van der Waals surface area (Å²) in [7, 11) is 0. The maximum atomic E-state index is 12.5. The van der Waals surface area contributed by atoms with Gasteiger partial charge in [0.05, 0.1) is 6.42 Å². The fraction of sp³-hybridized carbons (Fsp3) is 0.500. The molecule has 1 aromatic carbocycles. The van der Waals surface area contributed by atoms with Gasteiger partial charge >= 0.3 is 6.09 Å². The first-order chi connectivity index (χ1) is 12.0. The number of ether oxygens (including phenoxy) is 1. The van der Waals surface area contributed by atoms with Crippen LogP contribution in [0.4, 0.5) is 4.79 Å². The summed E-state index contributed by atoms with van der Waals surface area (Å²) in [5, 5.41) is 5.35. The lowest BCUT2D eigenvalue weighted by Gasteiger charge is -2.30. The molecule has 0 radical (unpaired) electrons. The SMILES string of the molecule is C[C@@H]1CCCC[C@H]1NC(=O)[C@@H](CC(N)=O)NC(=O)Oc1ccccc1. The molecule has 0 unspecified atom stereocenters. The van der Waals surface area contributed by atoms with Gasteiger partial charge in [0.2, 0.25) is 11.8 Å². The highest BCUT2D eigenvalue weighted by molar-refractivity contribution is 5.90. The van der Waals surface area contributed by atoms with E-state index in [1.165, 1.54) is 0 Å². The summed E-state index contributed by atoms with van der Waals surface area (Å²) in [5.74, 6) is -0.373. The Morgan fingerprint density at radius 1 is 1.20 bits per heavy atom. The van der Waals surface area contributed by atoms with Crippen LogP contribution in [0.1, 0.15) is 39.0 Å². The van der Waals surface area contributed by atoms with Crippen molar-refractivity contribution >= 4 is 17.9 Å². The Hall–Kier alpha value is -2.57. The lowest BCUT2D eigenvalue weighted by Crippen LogP contribution is -2.53. The van der Waals surface area contributed by atoms with Gasteiger partial charge in [-0.05, 0) is 30.9 Å². The van der Waals surface area contributed by atoms with Crippen molar-refractivity contribution in [3.63, 3.8) is 0 Å². The third-order valence-corrected chi connectivity index (χ3v) is 4.41. The maximum absolute atomic E-state index is 12.5. The number of para-hydroxylation sites is 1. The number of carbonyl (C=O) groups is 3. The minimum atomic E-state index is -1.05. The highest BCUT2D eigenvalue weighted by atomic mass is 16.6. The molecule has 0 bridgehead atoms. The van der Waals surface area contributed by atoms with Crippen molar-refractivity contribution in [1.82, 2.24) is 10.6 Å². The van der Waals surface area contributed by atoms with Gasteiger partial charge in [-0.3, -0.25) is 9.59 Å². The van der Waals surface area contributed by atoms with Gasteiger partial charge in [0, 0.05) is 6.04 Å². The number of amides is 3. The van der Waals surface area contributed by atoms with Crippen LogP contribution in [0.2, 0.25) is 0 Å². The Morgan fingerprint density at radius 3 is 2.52 bits per heavy atom. The van der Waals surface area contributed by atoms with Crippen LogP contribution in [0.5, 0.6) is 5.75 Å². The van der Waals surface area contributed by atoms with Crippen LogP contribution in [0.25, 0.3) is 0 Å². The normalized spacial score (nSPS) is 21.0. The summed E-state index contributed by atoms with van der Waals surface area (Å²) in [6, 6.07) is 7.46. The molecule has 0 saturated heterocycles. The van der Waals surface area contributed by atoms with E-state index in [9.17, 15) is 14.4 Å². The number of nitrogens with one attached hydrogen (secondary N) is 2. The van der Waals surface area contributed by atoms with Crippen molar-refractivity contribution in [1.29, 1.82) is 0 Å². The van der Waals surface area contributed by atoms with Crippen LogP contribution in [0.3, 0.4) is 0 Å². The Morgan fingerprint density at radius 2 is 1.88 bits per heavy atom. The average molecular weight is 347 g/mol. The summed E-state index contributed by atoms with van der Waals surface area (Å²) >= 11 is 0. The standard InChI is InChI=1S/C18H25N3O4/c1-12-7-5-6-10-14(12)20-17(23)15(11-16(19)22)21-18(24)25-13-8-3-2-4-9-13/h2-4,8-9,12,14-15H,5-7,10-11H2,1H3,(H2,19,22)(H,20,23)(H,21,24)/t12-,14-,15-/m1/s1. The van der Waals surface area contributed by atoms with Crippen molar-refractivity contribution in [3.8, 4) is 5.75 Å². The van der Waals surface area contributed by atoms with Crippen molar-refractivity contribution < 1.29 is 19.1 Å². The van der Waals surface area contributed by atoms with Gasteiger partial charge in [0.15, 0.2) is 0 Å². The molecule has 1 aromatic rings. The number of nitrogens with two attached hydrogens (primary N) is 1. The van der Waals surface area contributed by atoms with Crippen molar-refractivity contribution in [2.75, 3.05) is 0 Å². The molecule has 0 spiro atoms. The molecule has 7 heteroatoms. The summed E-state index contributed by atoms with van der Waals surface area (Å²) in [6.45, 7) is 2.09. The molecule has 3 atom stereocenters. The van der Waals surface area contributed by atoms with E-state index in [-0.39, 0.29) is 12.5 Å². The minimum absolute atomic E-state index is 0.0450. The van der Waals surface area contributed by atoms with E-state index >= 15 is 0 Å². The van der Waals surface area contributed by atoms with E-state index in [0.29, 0.717) is 11.7 Å². The van der Waals surface area contributed by atoms with Gasteiger partial charge < -0.3 is 21.1 Å². The Bertz CT molecular complexity index is 606. The number of benzene rings is 1. The van der Waals surface area contributed by atoms with Crippen LogP contribution >= 0.6 is 0 Å². The predicted octanol–water partition coefficient (Wildman–Crippen LogP) is 1.71. The zero-order valence-electron chi connectivity index (χ0n) is 14.4. The zero-order chi connectivity index (χ0) is 18.2. The first-order valence-corrected chi connectivity index (χ1v) is 8.57. The van der Waals surface area contributed by atoms with E-state index in [1.807, 2.05) is 0 Å². The second-order valence-corrected chi connectivity index (χ2v) is 6.45. The number of rotatable bonds is 6. The monoisotopic (exact) mass is 347 g/mol. The first kappa shape index (κ1) is 18.8. The molecular formula is C18H25N3O4. The lowest BCUT2D eigenvalue weighted by molar-refractivity contribution is -0.127. The molecule has 4 N–H and O–H groups in total. The number of hydrogen-bond donors (Lipinski definition) is 3. The van der Waals surface area contributed by atoms with E-state index in [2.05, 4.69) is 17.6 Å². The second-order valence-electron chi connectivity index (χ2n) is 6.45. The van der Waals surface area contributed by atoms with Gasteiger partial charge in [0.1, 0.15) is 11.8 Å². The topological polar surface area (TPSA) is 111 Å². The number of hydrogen-bond acceptors (Lipinski definition) is 4. The molecule has 0 aliphatic heterocycles. The van der Waals surface area contributed by atoms with Crippen molar-refractivity contribution in [3.05, 3.63) is 30.3 Å². The minimum Gasteiger partial charge on any atom is -0.410 e. The third-order valence-electron chi connectivity index (χ3n) is 4.41. The van der Waals surface area contributed by atoms with E-state index in [4.69, 9.17) is 10.5 Å². The van der Waals surface area contributed by atoms with E-state index in [1.54, 1.807) is 30.3 Å². The highest BCUT2D eigenvalue weighted by Crippen LogP contribution is 2.23. The number of carbonyl (C=O) groups excluding carboxylic acids is 3. The Balaban J connectivity index is 1.95.